The van der Waals surface area contributed by atoms with Crippen molar-refractivity contribution in [1.29, 1.82) is 0 Å². The topological polar surface area (TPSA) is 69.9 Å². The number of nitrogens with zero attached hydrogens (tertiary/aromatic N) is 4. The fourth-order valence-electron chi connectivity index (χ4n) is 9.36. The number of furan rings is 2. The number of hydrogen-bond donors (Lipinski definition) is 0. The first kappa shape index (κ1) is 35.2. The molecule has 0 radical (unpaired) electrons. The number of rotatable bonds is 6. The number of aromatic nitrogens is 4. The molecular formula is C57H34N4O2. The first-order valence-corrected chi connectivity index (χ1v) is 21.1. The van der Waals surface area contributed by atoms with Crippen molar-refractivity contribution in [2.24, 2.45) is 0 Å². The summed E-state index contributed by atoms with van der Waals surface area (Å²) in [5.41, 5.74) is 13.7. The Balaban J connectivity index is 0.977. The average Bonchev–Trinajstić information content (AvgIpc) is 4.03. The molecule has 0 bridgehead atoms. The molecular weight excluding hydrogens is 773 g/mol. The van der Waals surface area contributed by atoms with E-state index >= 15 is 0 Å². The Morgan fingerprint density at radius 1 is 0.302 bits per heavy atom. The summed E-state index contributed by atoms with van der Waals surface area (Å²) >= 11 is 0. The zero-order valence-electron chi connectivity index (χ0n) is 33.7. The zero-order valence-corrected chi connectivity index (χ0v) is 33.7. The minimum Gasteiger partial charge on any atom is -0.456 e. The summed E-state index contributed by atoms with van der Waals surface area (Å²) in [6, 6.07) is 71.5. The normalized spacial score (nSPS) is 11.8. The highest BCUT2D eigenvalue weighted by Crippen LogP contribution is 2.43. The Hall–Kier alpha value is -8.61. The lowest BCUT2D eigenvalue weighted by molar-refractivity contribution is 0.669. The molecule has 13 aromatic rings. The highest BCUT2D eigenvalue weighted by Gasteiger charge is 2.21. The Morgan fingerprint density at radius 3 is 1.44 bits per heavy atom. The van der Waals surface area contributed by atoms with E-state index in [0.29, 0.717) is 17.5 Å². The van der Waals surface area contributed by atoms with Gasteiger partial charge in [-0.2, -0.15) is 0 Å². The van der Waals surface area contributed by atoms with Crippen LogP contribution in [-0.4, -0.2) is 19.5 Å². The summed E-state index contributed by atoms with van der Waals surface area (Å²) < 4.78 is 15.5. The Labute approximate surface area is 361 Å². The average molecular weight is 807 g/mol. The van der Waals surface area contributed by atoms with Crippen molar-refractivity contribution >= 4 is 65.7 Å². The van der Waals surface area contributed by atoms with Crippen LogP contribution in [0.15, 0.2) is 215 Å². The Bertz CT molecular complexity index is 3850. The van der Waals surface area contributed by atoms with Crippen LogP contribution in [0.3, 0.4) is 0 Å². The van der Waals surface area contributed by atoms with Gasteiger partial charge in [0.05, 0.1) is 11.0 Å². The van der Waals surface area contributed by atoms with Gasteiger partial charge in [0.25, 0.3) is 0 Å². The predicted octanol–water partition coefficient (Wildman–Crippen LogP) is 15.1. The molecule has 6 nitrogen and oxygen atoms in total. The van der Waals surface area contributed by atoms with Crippen LogP contribution in [0.25, 0.3) is 128 Å². The van der Waals surface area contributed by atoms with Gasteiger partial charge in [0.1, 0.15) is 22.3 Å². The molecule has 294 valence electrons. The van der Waals surface area contributed by atoms with Gasteiger partial charge in [0.2, 0.25) is 0 Å². The molecule has 6 heteroatoms. The molecule has 0 fully saturated rings. The molecule has 0 N–H and O–H groups in total. The zero-order chi connectivity index (χ0) is 41.4. The minimum atomic E-state index is 0.574. The number of benzene rings is 9. The van der Waals surface area contributed by atoms with E-state index in [2.05, 4.69) is 162 Å². The fourth-order valence-corrected chi connectivity index (χ4v) is 9.36. The van der Waals surface area contributed by atoms with Crippen LogP contribution in [0.4, 0.5) is 0 Å². The SMILES string of the molecule is c1ccc(-c2ccc(-c3nc(-c4ccccc4)nc(-c4cccc5oc6ccc(-c7cccc8oc9ccc(-n%10c%11ccccc%11c%11ccccc%11%10)cc9c78)cc6c45)n3)cc2)cc1. The first-order valence-electron chi connectivity index (χ1n) is 21.1. The van der Waals surface area contributed by atoms with Crippen LogP contribution in [0.5, 0.6) is 0 Å². The maximum atomic E-state index is 6.57. The van der Waals surface area contributed by atoms with Crippen LogP contribution < -0.4 is 0 Å². The van der Waals surface area contributed by atoms with E-state index in [9.17, 15) is 0 Å². The number of para-hydroxylation sites is 2. The molecule has 0 saturated carbocycles. The lowest BCUT2D eigenvalue weighted by Crippen LogP contribution is -2.00. The van der Waals surface area contributed by atoms with Crippen molar-refractivity contribution in [2.75, 3.05) is 0 Å². The molecule has 0 unspecified atom stereocenters. The second-order valence-corrected chi connectivity index (χ2v) is 15.9. The predicted molar refractivity (Wildman–Crippen MR) is 256 cm³/mol. The van der Waals surface area contributed by atoms with Crippen molar-refractivity contribution in [3.05, 3.63) is 206 Å². The van der Waals surface area contributed by atoms with Gasteiger partial charge in [-0.1, -0.05) is 152 Å². The molecule has 0 aliphatic carbocycles. The van der Waals surface area contributed by atoms with Gasteiger partial charge in [-0.3, -0.25) is 0 Å². The van der Waals surface area contributed by atoms with E-state index in [-0.39, 0.29) is 0 Å². The van der Waals surface area contributed by atoms with Gasteiger partial charge in [-0.05, 0) is 76.9 Å². The maximum absolute atomic E-state index is 6.57. The third kappa shape index (κ3) is 5.69. The van der Waals surface area contributed by atoms with Gasteiger partial charge < -0.3 is 13.4 Å². The van der Waals surface area contributed by atoms with Crippen LogP contribution in [0, 0.1) is 0 Å². The highest BCUT2D eigenvalue weighted by atomic mass is 16.3. The first-order chi connectivity index (χ1) is 31.2. The van der Waals surface area contributed by atoms with Crippen LogP contribution in [0.2, 0.25) is 0 Å². The summed E-state index contributed by atoms with van der Waals surface area (Å²) in [4.78, 5) is 15.3. The molecule has 9 aromatic carbocycles. The second kappa shape index (κ2) is 14.0. The number of fused-ring (bicyclic) bond motifs is 9. The largest absolute Gasteiger partial charge is 0.456 e. The standard InChI is InChI=1S/C57H34N4O2/c1-3-13-35(14-4-1)36-25-27-38(28-26-36)56-58-55(37-15-5-2-6-16-37)59-57(60-56)44-20-12-24-52-54(44)45-33-39(29-31-49(45)62-52)41-19-11-23-51-53(41)46-34-40(30-32-50(46)63-51)61-47-21-9-7-17-42(47)43-18-8-10-22-48(43)61/h1-34H. The van der Waals surface area contributed by atoms with E-state index in [0.717, 1.165) is 88.5 Å². The summed E-state index contributed by atoms with van der Waals surface area (Å²) in [6.07, 6.45) is 0. The van der Waals surface area contributed by atoms with E-state index in [1.807, 2.05) is 48.5 Å². The number of hydrogen-bond acceptors (Lipinski definition) is 5. The highest BCUT2D eigenvalue weighted by molar-refractivity contribution is 6.17. The van der Waals surface area contributed by atoms with Crippen molar-refractivity contribution in [2.45, 2.75) is 0 Å². The summed E-state index contributed by atoms with van der Waals surface area (Å²) in [7, 11) is 0. The van der Waals surface area contributed by atoms with E-state index in [4.69, 9.17) is 23.8 Å². The molecule has 63 heavy (non-hydrogen) atoms. The molecule has 0 atom stereocenters. The molecule has 13 rings (SSSR count). The van der Waals surface area contributed by atoms with Crippen molar-refractivity contribution < 1.29 is 8.83 Å². The van der Waals surface area contributed by atoms with Crippen molar-refractivity contribution in [3.8, 4) is 62.1 Å². The molecule has 0 aliphatic rings. The smallest absolute Gasteiger partial charge is 0.164 e. The van der Waals surface area contributed by atoms with Crippen molar-refractivity contribution in [1.82, 2.24) is 19.5 Å². The second-order valence-electron chi connectivity index (χ2n) is 15.9. The Kier molecular flexibility index (Phi) is 7.80. The monoisotopic (exact) mass is 806 g/mol. The van der Waals surface area contributed by atoms with Gasteiger partial charge >= 0.3 is 0 Å². The van der Waals surface area contributed by atoms with Gasteiger partial charge in [-0.25, -0.2) is 15.0 Å². The molecule has 0 spiro atoms. The van der Waals surface area contributed by atoms with Gasteiger partial charge in [0, 0.05) is 54.7 Å². The maximum Gasteiger partial charge on any atom is 0.164 e. The van der Waals surface area contributed by atoms with E-state index in [1.54, 1.807) is 0 Å². The quantitative estimate of drug-likeness (QED) is 0.167. The lowest BCUT2D eigenvalue weighted by atomic mass is 9.97. The van der Waals surface area contributed by atoms with Crippen LogP contribution >= 0.6 is 0 Å². The molecule has 0 aliphatic heterocycles. The molecule has 0 amide bonds. The molecule has 4 heterocycles. The van der Waals surface area contributed by atoms with Gasteiger partial charge in [-0.15, -0.1) is 0 Å². The molecule has 4 aromatic heterocycles. The van der Waals surface area contributed by atoms with E-state index in [1.165, 1.54) is 21.8 Å². The third-order valence-electron chi connectivity index (χ3n) is 12.3. The Morgan fingerprint density at radius 2 is 0.778 bits per heavy atom. The summed E-state index contributed by atoms with van der Waals surface area (Å²) in [5.74, 6) is 1.78. The van der Waals surface area contributed by atoms with Crippen LogP contribution in [0.1, 0.15) is 0 Å². The molecule has 0 saturated heterocycles. The van der Waals surface area contributed by atoms with Crippen molar-refractivity contribution in [3.63, 3.8) is 0 Å². The summed E-state index contributed by atoms with van der Waals surface area (Å²) in [6.45, 7) is 0. The van der Waals surface area contributed by atoms with Gasteiger partial charge in [0.15, 0.2) is 17.5 Å². The van der Waals surface area contributed by atoms with Crippen LogP contribution in [-0.2, 0) is 0 Å². The third-order valence-corrected chi connectivity index (χ3v) is 12.3. The lowest BCUT2D eigenvalue weighted by Gasteiger charge is -2.10. The minimum absolute atomic E-state index is 0.574. The summed E-state index contributed by atoms with van der Waals surface area (Å²) in [5, 5.41) is 6.50. The fraction of sp³-hybridized carbons (Fsp3) is 0. The van der Waals surface area contributed by atoms with E-state index < -0.39 is 0 Å².